The van der Waals surface area contributed by atoms with Crippen molar-refractivity contribution in [2.24, 2.45) is 13.0 Å². The smallest absolute Gasteiger partial charge is 0.177 e. The number of fused-ring (bicyclic) bond motifs is 1. The average Bonchev–Trinajstić information content (AvgIpc) is 2.93. The maximum Gasteiger partial charge on any atom is 0.177 e. The van der Waals surface area contributed by atoms with E-state index in [9.17, 15) is 9.59 Å². The van der Waals surface area contributed by atoms with Crippen LogP contribution in [0.2, 0.25) is 0 Å². The summed E-state index contributed by atoms with van der Waals surface area (Å²) in [5.74, 6) is -0.838. The molecule has 2 aromatic rings. The lowest BCUT2D eigenvalue weighted by Gasteiger charge is -2.03. The Balaban J connectivity index is 1.93. The van der Waals surface area contributed by atoms with Crippen LogP contribution < -0.4 is 0 Å². The van der Waals surface area contributed by atoms with Gasteiger partial charge in [-0.2, -0.15) is 5.10 Å². The van der Waals surface area contributed by atoms with Crippen molar-refractivity contribution in [2.45, 2.75) is 6.42 Å². The number of ketones is 2. The van der Waals surface area contributed by atoms with Crippen molar-refractivity contribution in [1.82, 2.24) is 9.78 Å². The third kappa shape index (κ3) is 2.04. The summed E-state index contributed by atoms with van der Waals surface area (Å²) in [6, 6.07) is 5.51. The van der Waals surface area contributed by atoms with Crippen LogP contribution in [0.15, 0.2) is 35.1 Å². The lowest BCUT2D eigenvalue weighted by molar-refractivity contribution is 0.0822. The number of carbonyl (C=O) groups excluding carboxylic acids is 2. The molecule has 19 heavy (non-hydrogen) atoms. The minimum absolute atomic E-state index is 0.0867. The van der Waals surface area contributed by atoms with Crippen molar-refractivity contribution < 1.29 is 9.59 Å². The number of aryl methyl sites for hydroxylation is 1. The third-order valence-electron chi connectivity index (χ3n) is 3.38. The topological polar surface area (TPSA) is 52.0 Å². The van der Waals surface area contributed by atoms with Gasteiger partial charge in [-0.15, -0.1) is 0 Å². The summed E-state index contributed by atoms with van der Waals surface area (Å²) in [6.07, 6.45) is 3.63. The normalized spacial score (nSPS) is 17.6. The molecule has 96 valence electrons. The first-order chi connectivity index (χ1) is 9.06. The Bertz CT molecular complexity index is 691. The number of hydrogen-bond acceptors (Lipinski definition) is 3. The highest BCUT2D eigenvalue weighted by Gasteiger charge is 2.36. The summed E-state index contributed by atoms with van der Waals surface area (Å²) in [4.78, 5) is 24.6. The number of aromatic nitrogens is 2. The standard InChI is InChI=1S/C14H11BrN2O2/c1-17-7-9(6-16-17)13(18)12-5-8-4-10(15)2-3-11(8)14(12)19/h2-4,6-7,12H,5H2,1H3. The first-order valence-electron chi connectivity index (χ1n) is 5.92. The zero-order valence-electron chi connectivity index (χ0n) is 10.3. The van der Waals surface area contributed by atoms with Crippen molar-refractivity contribution >= 4 is 27.5 Å². The predicted octanol–water partition coefficient (Wildman–Crippen LogP) is 2.42. The summed E-state index contributed by atoms with van der Waals surface area (Å²) >= 11 is 3.38. The van der Waals surface area contributed by atoms with E-state index in [-0.39, 0.29) is 11.6 Å². The zero-order chi connectivity index (χ0) is 13.6. The summed E-state index contributed by atoms with van der Waals surface area (Å²) in [7, 11) is 1.75. The fraction of sp³-hybridized carbons (Fsp3) is 0.214. The zero-order valence-corrected chi connectivity index (χ0v) is 11.8. The van der Waals surface area contributed by atoms with Gasteiger partial charge in [0.1, 0.15) is 0 Å². The molecule has 1 unspecified atom stereocenters. The fourth-order valence-electron chi connectivity index (χ4n) is 2.43. The van der Waals surface area contributed by atoms with Crippen LogP contribution >= 0.6 is 15.9 Å². The maximum atomic E-state index is 12.3. The molecule has 0 radical (unpaired) electrons. The van der Waals surface area contributed by atoms with Crippen LogP contribution in [0, 0.1) is 5.92 Å². The molecule has 3 rings (SSSR count). The van der Waals surface area contributed by atoms with Crippen LogP contribution in [-0.4, -0.2) is 21.3 Å². The molecule has 0 fully saturated rings. The molecular weight excluding hydrogens is 308 g/mol. The highest BCUT2D eigenvalue weighted by atomic mass is 79.9. The molecule has 1 aromatic heterocycles. The van der Waals surface area contributed by atoms with Crippen molar-refractivity contribution in [3.8, 4) is 0 Å². The van der Waals surface area contributed by atoms with Gasteiger partial charge in [-0.05, 0) is 30.2 Å². The molecule has 0 amide bonds. The summed E-state index contributed by atoms with van der Waals surface area (Å²) < 4.78 is 2.49. The lowest BCUT2D eigenvalue weighted by Crippen LogP contribution is -2.20. The quantitative estimate of drug-likeness (QED) is 0.631. The Morgan fingerprint density at radius 2 is 2.26 bits per heavy atom. The van der Waals surface area contributed by atoms with Gasteiger partial charge in [0.2, 0.25) is 0 Å². The van der Waals surface area contributed by atoms with Gasteiger partial charge in [-0.3, -0.25) is 14.3 Å². The molecule has 1 aliphatic rings. The predicted molar refractivity (Wildman–Crippen MR) is 73.2 cm³/mol. The Labute approximate surface area is 118 Å². The maximum absolute atomic E-state index is 12.3. The minimum atomic E-state index is -0.603. The summed E-state index contributed by atoms with van der Waals surface area (Å²) in [5, 5.41) is 3.97. The number of nitrogens with zero attached hydrogens (tertiary/aromatic N) is 2. The SMILES string of the molecule is Cn1cc(C(=O)C2Cc3cc(Br)ccc3C2=O)cn1. The van der Waals surface area contributed by atoms with E-state index in [1.807, 2.05) is 12.1 Å². The fourth-order valence-corrected chi connectivity index (χ4v) is 2.84. The Hall–Kier alpha value is -1.75. The first kappa shape index (κ1) is 12.3. The van der Waals surface area contributed by atoms with E-state index in [2.05, 4.69) is 21.0 Å². The molecule has 0 saturated heterocycles. The first-order valence-corrected chi connectivity index (χ1v) is 6.71. The van der Waals surface area contributed by atoms with Crippen molar-refractivity contribution in [3.05, 3.63) is 51.8 Å². The Morgan fingerprint density at radius 3 is 2.95 bits per heavy atom. The van der Waals surface area contributed by atoms with Crippen LogP contribution in [0.1, 0.15) is 26.3 Å². The second kappa shape index (κ2) is 4.42. The number of Topliss-reactive ketones (excluding diaryl/α,β-unsaturated/α-hetero) is 2. The van der Waals surface area contributed by atoms with Gasteiger partial charge in [0, 0.05) is 23.3 Å². The molecule has 0 saturated carbocycles. The van der Waals surface area contributed by atoms with Crippen molar-refractivity contribution in [1.29, 1.82) is 0 Å². The summed E-state index contributed by atoms with van der Waals surface area (Å²) in [6.45, 7) is 0. The van der Waals surface area contributed by atoms with E-state index in [1.54, 1.807) is 24.0 Å². The monoisotopic (exact) mass is 318 g/mol. The minimum Gasteiger partial charge on any atom is -0.293 e. The van der Waals surface area contributed by atoms with Gasteiger partial charge in [0.05, 0.1) is 17.7 Å². The van der Waals surface area contributed by atoms with Crippen LogP contribution in [0.5, 0.6) is 0 Å². The van der Waals surface area contributed by atoms with Crippen LogP contribution in [-0.2, 0) is 13.5 Å². The molecule has 0 spiro atoms. The highest BCUT2D eigenvalue weighted by molar-refractivity contribution is 9.10. The largest absolute Gasteiger partial charge is 0.293 e. The molecular formula is C14H11BrN2O2. The molecule has 5 heteroatoms. The van der Waals surface area contributed by atoms with Crippen molar-refractivity contribution in [2.75, 3.05) is 0 Å². The van der Waals surface area contributed by atoms with Gasteiger partial charge >= 0.3 is 0 Å². The third-order valence-corrected chi connectivity index (χ3v) is 3.87. The van der Waals surface area contributed by atoms with Gasteiger partial charge in [-0.1, -0.05) is 15.9 Å². The van der Waals surface area contributed by atoms with Gasteiger partial charge < -0.3 is 0 Å². The number of rotatable bonds is 2. The van der Waals surface area contributed by atoms with E-state index >= 15 is 0 Å². The number of halogens is 1. The average molecular weight is 319 g/mol. The van der Waals surface area contributed by atoms with E-state index in [0.29, 0.717) is 17.5 Å². The van der Waals surface area contributed by atoms with Gasteiger partial charge in [0.15, 0.2) is 11.6 Å². The second-order valence-corrected chi connectivity index (χ2v) is 5.61. The molecule has 0 aliphatic heterocycles. The highest BCUT2D eigenvalue weighted by Crippen LogP contribution is 2.31. The molecule has 1 aliphatic carbocycles. The molecule has 0 bridgehead atoms. The molecule has 1 heterocycles. The molecule has 4 nitrogen and oxygen atoms in total. The Morgan fingerprint density at radius 1 is 1.47 bits per heavy atom. The Kier molecular flexibility index (Phi) is 2.86. The summed E-state index contributed by atoms with van der Waals surface area (Å²) in [5.41, 5.74) is 2.08. The molecule has 1 aromatic carbocycles. The van der Waals surface area contributed by atoms with Crippen LogP contribution in [0.3, 0.4) is 0 Å². The number of carbonyl (C=O) groups is 2. The molecule has 0 N–H and O–H groups in total. The van der Waals surface area contributed by atoms with Gasteiger partial charge in [-0.25, -0.2) is 0 Å². The number of hydrogen-bond donors (Lipinski definition) is 0. The second-order valence-electron chi connectivity index (χ2n) is 4.69. The molecule has 1 atom stereocenters. The van der Waals surface area contributed by atoms with Crippen molar-refractivity contribution in [3.63, 3.8) is 0 Å². The van der Waals surface area contributed by atoms with E-state index in [4.69, 9.17) is 0 Å². The van der Waals surface area contributed by atoms with E-state index in [0.717, 1.165) is 10.0 Å². The lowest BCUT2D eigenvalue weighted by atomic mass is 9.96. The number of benzene rings is 1. The van der Waals surface area contributed by atoms with Gasteiger partial charge in [0.25, 0.3) is 0 Å². The van der Waals surface area contributed by atoms with E-state index < -0.39 is 5.92 Å². The van der Waals surface area contributed by atoms with E-state index in [1.165, 1.54) is 6.20 Å². The van der Waals surface area contributed by atoms with Crippen LogP contribution in [0.25, 0.3) is 0 Å². The van der Waals surface area contributed by atoms with Crippen LogP contribution in [0.4, 0.5) is 0 Å².